The van der Waals surface area contributed by atoms with Crippen LogP contribution in [0, 0.1) is 0 Å². The van der Waals surface area contributed by atoms with E-state index in [1.807, 2.05) is 13.8 Å². The van der Waals surface area contributed by atoms with Crippen molar-refractivity contribution in [3.05, 3.63) is 30.1 Å². The lowest BCUT2D eigenvalue weighted by atomic mass is 10.0. The standard InChI is InChI=1S/C16H21N3O4/c1-11(2)22-16-13(6-3-7-17-16)21-10-14-18-19-15(23-14)12-5-4-8-20-9-12/h3,6-7,11-12H,4-5,8-10H2,1-2H3. The van der Waals surface area contributed by atoms with E-state index in [1.54, 1.807) is 18.3 Å². The van der Waals surface area contributed by atoms with Gasteiger partial charge < -0.3 is 18.6 Å². The first-order valence-electron chi connectivity index (χ1n) is 7.87. The van der Waals surface area contributed by atoms with Crippen molar-refractivity contribution in [3.63, 3.8) is 0 Å². The molecule has 7 heteroatoms. The summed E-state index contributed by atoms with van der Waals surface area (Å²) in [5.41, 5.74) is 0. The van der Waals surface area contributed by atoms with E-state index in [0.717, 1.165) is 19.4 Å². The molecule has 3 rings (SSSR count). The molecule has 2 aromatic rings. The second kappa shape index (κ2) is 7.41. The number of hydrogen-bond donors (Lipinski definition) is 0. The summed E-state index contributed by atoms with van der Waals surface area (Å²) in [5.74, 6) is 2.26. The topological polar surface area (TPSA) is 79.5 Å². The molecule has 0 saturated carbocycles. The molecule has 0 N–H and O–H groups in total. The molecule has 23 heavy (non-hydrogen) atoms. The van der Waals surface area contributed by atoms with Gasteiger partial charge in [0.1, 0.15) is 0 Å². The van der Waals surface area contributed by atoms with Crippen molar-refractivity contribution in [1.82, 2.24) is 15.2 Å². The first kappa shape index (κ1) is 15.7. The van der Waals surface area contributed by atoms with Gasteiger partial charge in [-0.2, -0.15) is 0 Å². The van der Waals surface area contributed by atoms with Crippen molar-refractivity contribution in [3.8, 4) is 11.6 Å². The average molecular weight is 319 g/mol. The minimum atomic E-state index is 0.0218. The second-order valence-corrected chi connectivity index (χ2v) is 5.71. The van der Waals surface area contributed by atoms with Crippen LogP contribution in [0.4, 0.5) is 0 Å². The molecule has 0 amide bonds. The van der Waals surface area contributed by atoms with Crippen molar-refractivity contribution >= 4 is 0 Å². The molecular weight excluding hydrogens is 298 g/mol. The highest BCUT2D eigenvalue weighted by Gasteiger charge is 2.22. The maximum absolute atomic E-state index is 5.71. The van der Waals surface area contributed by atoms with Crippen LogP contribution in [0.15, 0.2) is 22.7 Å². The Hall–Kier alpha value is -2.15. The maximum Gasteiger partial charge on any atom is 0.257 e. The molecule has 3 heterocycles. The number of rotatable bonds is 6. The molecule has 0 bridgehead atoms. The fourth-order valence-corrected chi connectivity index (χ4v) is 2.36. The van der Waals surface area contributed by atoms with E-state index in [9.17, 15) is 0 Å². The summed E-state index contributed by atoms with van der Waals surface area (Å²) < 4.78 is 22.4. The number of aromatic nitrogens is 3. The van der Waals surface area contributed by atoms with E-state index in [2.05, 4.69) is 15.2 Å². The van der Waals surface area contributed by atoms with Crippen LogP contribution < -0.4 is 9.47 Å². The Morgan fingerprint density at radius 1 is 1.35 bits per heavy atom. The first-order valence-corrected chi connectivity index (χ1v) is 7.87. The van der Waals surface area contributed by atoms with Gasteiger partial charge in [0.15, 0.2) is 12.4 Å². The Kier molecular flexibility index (Phi) is 5.07. The molecule has 0 radical (unpaired) electrons. The second-order valence-electron chi connectivity index (χ2n) is 5.71. The third kappa shape index (κ3) is 4.19. The lowest BCUT2D eigenvalue weighted by molar-refractivity contribution is 0.0716. The van der Waals surface area contributed by atoms with Crippen LogP contribution in [0.5, 0.6) is 11.6 Å². The Labute approximate surface area is 135 Å². The van der Waals surface area contributed by atoms with Crippen LogP contribution in [-0.4, -0.2) is 34.5 Å². The normalized spacial score (nSPS) is 18.1. The quantitative estimate of drug-likeness (QED) is 0.810. The smallest absolute Gasteiger partial charge is 0.257 e. The van der Waals surface area contributed by atoms with Gasteiger partial charge in [-0.1, -0.05) is 0 Å². The summed E-state index contributed by atoms with van der Waals surface area (Å²) in [6, 6.07) is 3.60. The zero-order chi connectivity index (χ0) is 16.1. The van der Waals surface area contributed by atoms with Crippen molar-refractivity contribution in [2.75, 3.05) is 13.2 Å². The summed E-state index contributed by atoms with van der Waals surface area (Å²) >= 11 is 0. The SMILES string of the molecule is CC(C)Oc1ncccc1OCc1nnc(C2CCCOC2)o1. The molecule has 1 saturated heterocycles. The van der Waals surface area contributed by atoms with Crippen LogP contribution in [0.3, 0.4) is 0 Å². The molecule has 1 fully saturated rings. The van der Waals surface area contributed by atoms with E-state index < -0.39 is 0 Å². The zero-order valence-corrected chi connectivity index (χ0v) is 13.4. The van der Waals surface area contributed by atoms with Crippen LogP contribution in [-0.2, 0) is 11.3 Å². The molecule has 0 aliphatic carbocycles. The summed E-state index contributed by atoms with van der Waals surface area (Å²) in [6.45, 7) is 5.50. The molecule has 1 atom stereocenters. The number of hydrogen-bond acceptors (Lipinski definition) is 7. The Balaban J connectivity index is 1.61. The van der Waals surface area contributed by atoms with E-state index in [4.69, 9.17) is 18.6 Å². The van der Waals surface area contributed by atoms with Gasteiger partial charge in [0.25, 0.3) is 11.8 Å². The molecule has 0 spiro atoms. The average Bonchev–Trinajstić information content (AvgIpc) is 3.03. The molecule has 7 nitrogen and oxygen atoms in total. The van der Waals surface area contributed by atoms with Gasteiger partial charge in [0.2, 0.25) is 5.89 Å². The van der Waals surface area contributed by atoms with Crippen LogP contribution in [0.2, 0.25) is 0 Å². The fourth-order valence-electron chi connectivity index (χ4n) is 2.36. The number of pyridine rings is 1. The fraction of sp³-hybridized carbons (Fsp3) is 0.562. The predicted octanol–water partition coefficient (Wildman–Crippen LogP) is 2.72. The summed E-state index contributed by atoms with van der Waals surface area (Å²) in [5, 5.41) is 8.14. The molecule has 0 aromatic carbocycles. The van der Waals surface area contributed by atoms with E-state index in [1.165, 1.54) is 0 Å². The molecule has 2 aromatic heterocycles. The van der Waals surface area contributed by atoms with E-state index in [0.29, 0.717) is 30.0 Å². The lowest BCUT2D eigenvalue weighted by Gasteiger charge is -2.18. The lowest BCUT2D eigenvalue weighted by Crippen LogP contribution is -2.15. The van der Waals surface area contributed by atoms with E-state index >= 15 is 0 Å². The van der Waals surface area contributed by atoms with E-state index in [-0.39, 0.29) is 18.6 Å². The largest absolute Gasteiger partial charge is 0.478 e. The summed E-state index contributed by atoms with van der Waals surface area (Å²) in [4.78, 5) is 4.18. The van der Waals surface area contributed by atoms with Gasteiger partial charge in [0, 0.05) is 12.8 Å². The molecule has 1 aliphatic rings. The Morgan fingerprint density at radius 2 is 2.26 bits per heavy atom. The maximum atomic E-state index is 5.71. The van der Waals surface area contributed by atoms with Gasteiger partial charge in [-0.25, -0.2) is 4.98 Å². The van der Waals surface area contributed by atoms with Gasteiger partial charge in [-0.05, 0) is 38.8 Å². The Morgan fingerprint density at radius 3 is 3.04 bits per heavy atom. The zero-order valence-electron chi connectivity index (χ0n) is 13.4. The number of ether oxygens (including phenoxy) is 3. The summed E-state index contributed by atoms with van der Waals surface area (Å²) in [7, 11) is 0. The van der Waals surface area contributed by atoms with Gasteiger partial charge >= 0.3 is 0 Å². The van der Waals surface area contributed by atoms with Gasteiger partial charge in [0.05, 0.1) is 18.6 Å². The minimum Gasteiger partial charge on any atom is -0.478 e. The highest BCUT2D eigenvalue weighted by molar-refractivity contribution is 5.32. The third-order valence-electron chi connectivity index (χ3n) is 3.43. The molecule has 1 aliphatic heterocycles. The molecule has 1 unspecified atom stereocenters. The highest BCUT2D eigenvalue weighted by Crippen LogP contribution is 2.27. The molecule has 124 valence electrons. The highest BCUT2D eigenvalue weighted by atomic mass is 16.5. The van der Waals surface area contributed by atoms with Crippen LogP contribution in [0.1, 0.15) is 44.4 Å². The molecular formula is C16H21N3O4. The predicted molar refractivity (Wildman–Crippen MR) is 81.4 cm³/mol. The summed E-state index contributed by atoms with van der Waals surface area (Å²) in [6.07, 6.45) is 3.72. The van der Waals surface area contributed by atoms with Gasteiger partial charge in [-0.3, -0.25) is 0 Å². The first-order chi connectivity index (χ1) is 11.2. The van der Waals surface area contributed by atoms with Crippen LogP contribution >= 0.6 is 0 Å². The van der Waals surface area contributed by atoms with Crippen molar-refractivity contribution in [2.45, 2.75) is 45.3 Å². The van der Waals surface area contributed by atoms with Crippen molar-refractivity contribution < 1.29 is 18.6 Å². The van der Waals surface area contributed by atoms with Crippen molar-refractivity contribution in [1.29, 1.82) is 0 Å². The Bertz CT molecular complexity index is 623. The van der Waals surface area contributed by atoms with Crippen molar-refractivity contribution in [2.24, 2.45) is 0 Å². The third-order valence-corrected chi connectivity index (χ3v) is 3.43. The number of nitrogens with zero attached hydrogens (tertiary/aromatic N) is 3. The minimum absolute atomic E-state index is 0.0218. The van der Waals surface area contributed by atoms with Gasteiger partial charge in [-0.15, -0.1) is 10.2 Å². The monoisotopic (exact) mass is 319 g/mol. The van der Waals surface area contributed by atoms with Crippen LogP contribution in [0.25, 0.3) is 0 Å².